The standard InChI is InChI=1S/C14H19N/c1-3-13-8-7-9-14(12(13)2)15-10-5-4-6-11-15/h3,7-9H,1,4-6,10-11H2,2H3. The molecule has 0 bridgehead atoms. The molecule has 1 fully saturated rings. The Morgan fingerprint density at radius 1 is 1.20 bits per heavy atom. The van der Waals surface area contributed by atoms with E-state index in [0.29, 0.717) is 0 Å². The van der Waals surface area contributed by atoms with Crippen LogP contribution in [0.25, 0.3) is 6.08 Å². The van der Waals surface area contributed by atoms with Crippen molar-refractivity contribution in [3.8, 4) is 0 Å². The Balaban J connectivity index is 2.30. The molecule has 0 N–H and O–H groups in total. The van der Waals surface area contributed by atoms with Crippen LogP contribution in [0.15, 0.2) is 24.8 Å². The maximum absolute atomic E-state index is 3.86. The van der Waals surface area contributed by atoms with Crippen LogP contribution in [-0.2, 0) is 0 Å². The van der Waals surface area contributed by atoms with Gasteiger partial charge in [-0.3, -0.25) is 0 Å². The minimum atomic E-state index is 1.21. The molecule has 1 heterocycles. The summed E-state index contributed by atoms with van der Waals surface area (Å²) in [5.74, 6) is 0. The summed E-state index contributed by atoms with van der Waals surface area (Å²) in [7, 11) is 0. The molecule has 1 aliphatic heterocycles. The number of rotatable bonds is 2. The van der Waals surface area contributed by atoms with Gasteiger partial charge in [0.1, 0.15) is 0 Å². The lowest BCUT2D eigenvalue weighted by Gasteiger charge is -2.30. The zero-order chi connectivity index (χ0) is 10.7. The van der Waals surface area contributed by atoms with Crippen LogP contribution in [0, 0.1) is 6.92 Å². The largest absolute Gasteiger partial charge is 0.371 e. The van der Waals surface area contributed by atoms with Crippen molar-refractivity contribution in [3.05, 3.63) is 35.9 Å². The molecule has 0 spiro atoms. The zero-order valence-electron chi connectivity index (χ0n) is 9.50. The first kappa shape index (κ1) is 10.3. The van der Waals surface area contributed by atoms with Gasteiger partial charge in [0.25, 0.3) is 0 Å². The first-order chi connectivity index (χ1) is 7.33. The second kappa shape index (κ2) is 4.52. The number of piperidine rings is 1. The van der Waals surface area contributed by atoms with Crippen LogP contribution >= 0.6 is 0 Å². The summed E-state index contributed by atoms with van der Waals surface area (Å²) < 4.78 is 0. The second-order valence-corrected chi connectivity index (χ2v) is 4.24. The summed E-state index contributed by atoms with van der Waals surface area (Å²) >= 11 is 0. The van der Waals surface area contributed by atoms with E-state index in [1.54, 1.807) is 0 Å². The highest BCUT2D eigenvalue weighted by molar-refractivity contribution is 5.64. The van der Waals surface area contributed by atoms with Crippen LogP contribution in [0.1, 0.15) is 30.4 Å². The lowest BCUT2D eigenvalue weighted by atomic mass is 10.0. The Labute approximate surface area is 92.4 Å². The lowest BCUT2D eigenvalue weighted by Crippen LogP contribution is -2.30. The van der Waals surface area contributed by atoms with Crippen LogP contribution in [0.4, 0.5) is 5.69 Å². The smallest absolute Gasteiger partial charge is 0.0401 e. The molecule has 1 nitrogen and oxygen atoms in total. The average Bonchev–Trinajstić information content (AvgIpc) is 2.30. The van der Waals surface area contributed by atoms with Gasteiger partial charge in [0.2, 0.25) is 0 Å². The number of benzene rings is 1. The number of hydrogen-bond donors (Lipinski definition) is 0. The molecule has 1 heteroatoms. The molecule has 0 aromatic heterocycles. The normalized spacial score (nSPS) is 16.5. The molecule has 0 aliphatic carbocycles. The van der Waals surface area contributed by atoms with Crippen molar-refractivity contribution >= 4 is 11.8 Å². The predicted octanol–water partition coefficient (Wildman–Crippen LogP) is 3.63. The maximum Gasteiger partial charge on any atom is 0.0401 e. The van der Waals surface area contributed by atoms with E-state index in [1.807, 2.05) is 6.08 Å². The van der Waals surface area contributed by atoms with Gasteiger partial charge in [-0.2, -0.15) is 0 Å². The molecule has 1 aromatic rings. The molecule has 80 valence electrons. The van der Waals surface area contributed by atoms with Crippen molar-refractivity contribution in [1.29, 1.82) is 0 Å². The molecule has 0 atom stereocenters. The highest BCUT2D eigenvalue weighted by Gasteiger charge is 2.13. The molecular formula is C14H19N. The number of anilines is 1. The summed E-state index contributed by atoms with van der Waals surface area (Å²) in [5.41, 5.74) is 4.03. The summed E-state index contributed by atoms with van der Waals surface area (Å²) in [5, 5.41) is 0. The Morgan fingerprint density at radius 3 is 2.60 bits per heavy atom. The Hall–Kier alpha value is -1.24. The van der Waals surface area contributed by atoms with Gasteiger partial charge >= 0.3 is 0 Å². The van der Waals surface area contributed by atoms with Gasteiger partial charge in [-0.1, -0.05) is 24.8 Å². The van der Waals surface area contributed by atoms with Gasteiger partial charge in [0, 0.05) is 18.8 Å². The fraction of sp³-hybridized carbons (Fsp3) is 0.429. The monoisotopic (exact) mass is 201 g/mol. The average molecular weight is 201 g/mol. The topological polar surface area (TPSA) is 3.24 Å². The number of hydrogen-bond acceptors (Lipinski definition) is 1. The van der Waals surface area contributed by atoms with Gasteiger partial charge in [0.05, 0.1) is 0 Å². The van der Waals surface area contributed by atoms with Crippen molar-refractivity contribution < 1.29 is 0 Å². The SMILES string of the molecule is C=Cc1cccc(N2CCCCC2)c1C. The first-order valence-corrected chi connectivity index (χ1v) is 5.80. The van der Waals surface area contributed by atoms with E-state index >= 15 is 0 Å². The molecule has 0 amide bonds. The third-order valence-corrected chi connectivity index (χ3v) is 3.26. The minimum Gasteiger partial charge on any atom is -0.371 e. The van der Waals surface area contributed by atoms with E-state index < -0.39 is 0 Å². The van der Waals surface area contributed by atoms with Crippen LogP contribution < -0.4 is 4.90 Å². The van der Waals surface area contributed by atoms with E-state index in [0.717, 1.165) is 0 Å². The molecule has 0 unspecified atom stereocenters. The van der Waals surface area contributed by atoms with Crippen molar-refractivity contribution in [2.75, 3.05) is 18.0 Å². The van der Waals surface area contributed by atoms with E-state index in [1.165, 1.54) is 49.2 Å². The van der Waals surface area contributed by atoms with Gasteiger partial charge in [0.15, 0.2) is 0 Å². The van der Waals surface area contributed by atoms with Crippen molar-refractivity contribution in [2.24, 2.45) is 0 Å². The van der Waals surface area contributed by atoms with Crippen molar-refractivity contribution in [2.45, 2.75) is 26.2 Å². The van der Waals surface area contributed by atoms with Crippen LogP contribution in [-0.4, -0.2) is 13.1 Å². The van der Waals surface area contributed by atoms with Crippen molar-refractivity contribution in [1.82, 2.24) is 0 Å². The van der Waals surface area contributed by atoms with Crippen LogP contribution in [0.5, 0.6) is 0 Å². The van der Waals surface area contributed by atoms with Crippen molar-refractivity contribution in [3.63, 3.8) is 0 Å². The van der Waals surface area contributed by atoms with E-state index in [2.05, 4.69) is 36.6 Å². The molecule has 1 saturated heterocycles. The molecule has 1 aromatic carbocycles. The maximum atomic E-state index is 3.86. The predicted molar refractivity (Wildman–Crippen MR) is 67.3 cm³/mol. The first-order valence-electron chi connectivity index (χ1n) is 5.80. The molecule has 15 heavy (non-hydrogen) atoms. The van der Waals surface area contributed by atoms with Gasteiger partial charge in [-0.15, -0.1) is 0 Å². The Bertz CT molecular complexity index is 348. The summed E-state index contributed by atoms with van der Waals surface area (Å²) in [6.45, 7) is 8.47. The fourth-order valence-electron chi connectivity index (χ4n) is 2.34. The van der Waals surface area contributed by atoms with Crippen LogP contribution in [0.2, 0.25) is 0 Å². The third kappa shape index (κ3) is 2.06. The molecular weight excluding hydrogens is 182 g/mol. The second-order valence-electron chi connectivity index (χ2n) is 4.24. The van der Waals surface area contributed by atoms with Crippen LogP contribution in [0.3, 0.4) is 0 Å². The highest BCUT2D eigenvalue weighted by atomic mass is 15.1. The Morgan fingerprint density at radius 2 is 1.93 bits per heavy atom. The van der Waals surface area contributed by atoms with E-state index in [-0.39, 0.29) is 0 Å². The van der Waals surface area contributed by atoms with E-state index in [4.69, 9.17) is 0 Å². The van der Waals surface area contributed by atoms with Gasteiger partial charge in [-0.05, 0) is 43.4 Å². The quantitative estimate of drug-likeness (QED) is 0.706. The highest BCUT2D eigenvalue weighted by Crippen LogP contribution is 2.26. The third-order valence-electron chi connectivity index (χ3n) is 3.26. The molecule has 0 radical (unpaired) electrons. The Kier molecular flexibility index (Phi) is 3.10. The summed E-state index contributed by atoms with van der Waals surface area (Å²) in [4.78, 5) is 2.51. The zero-order valence-corrected chi connectivity index (χ0v) is 9.50. The van der Waals surface area contributed by atoms with E-state index in [9.17, 15) is 0 Å². The number of nitrogens with zero attached hydrogens (tertiary/aromatic N) is 1. The van der Waals surface area contributed by atoms with Gasteiger partial charge in [-0.25, -0.2) is 0 Å². The minimum absolute atomic E-state index is 1.21. The molecule has 1 aliphatic rings. The molecule has 2 rings (SSSR count). The van der Waals surface area contributed by atoms with Gasteiger partial charge < -0.3 is 4.90 Å². The summed E-state index contributed by atoms with van der Waals surface area (Å²) in [6.07, 6.45) is 6.00. The molecule has 0 saturated carbocycles. The fourth-order valence-corrected chi connectivity index (χ4v) is 2.34. The summed E-state index contributed by atoms with van der Waals surface area (Å²) in [6, 6.07) is 6.50. The lowest BCUT2D eigenvalue weighted by molar-refractivity contribution is 0.577.